The van der Waals surface area contributed by atoms with E-state index < -0.39 is 21.2 Å². The summed E-state index contributed by atoms with van der Waals surface area (Å²) in [4.78, 5) is 13.7. The summed E-state index contributed by atoms with van der Waals surface area (Å²) in [5.41, 5.74) is 5.51. The molecule has 1 amide bonds. The van der Waals surface area contributed by atoms with Crippen molar-refractivity contribution in [1.29, 1.82) is 0 Å². The monoisotopic (exact) mass is 328 g/mol. The van der Waals surface area contributed by atoms with Crippen LogP contribution >= 0.6 is 12.4 Å². The Kier molecular flexibility index (Phi) is 7.44. The smallest absolute Gasteiger partial charge is 0.251 e. The van der Waals surface area contributed by atoms with E-state index in [1.54, 1.807) is 20.9 Å². The van der Waals surface area contributed by atoms with Gasteiger partial charge in [-0.2, -0.15) is 0 Å². The predicted molar refractivity (Wildman–Crippen MR) is 80.7 cm³/mol. The summed E-state index contributed by atoms with van der Waals surface area (Å²) >= 11 is 0. The molecule has 0 aromatic rings. The fourth-order valence-electron chi connectivity index (χ4n) is 2.16. The van der Waals surface area contributed by atoms with E-state index in [0.717, 1.165) is 6.42 Å². The molecule has 4 atom stereocenters. The van der Waals surface area contributed by atoms with E-state index in [9.17, 15) is 13.2 Å². The maximum absolute atomic E-state index is 12.2. The fraction of sp³-hybridized carbons (Fsp3) is 0.917. The van der Waals surface area contributed by atoms with E-state index in [0.29, 0.717) is 13.0 Å². The van der Waals surface area contributed by atoms with Crippen molar-refractivity contribution in [1.82, 2.24) is 4.90 Å². The summed E-state index contributed by atoms with van der Waals surface area (Å²) in [7, 11) is -1.56. The van der Waals surface area contributed by atoms with Gasteiger partial charge in [-0.05, 0) is 26.7 Å². The van der Waals surface area contributed by atoms with Gasteiger partial charge in [0.1, 0.15) is 6.10 Å². The Morgan fingerprint density at radius 2 is 1.95 bits per heavy atom. The van der Waals surface area contributed by atoms with E-state index in [4.69, 9.17) is 10.5 Å². The zero-order valence-corrected chi connectivity index (χ0v) is 14.0. The lowest BCUT2D eigenvalue weighted by Gasteiger charge is -2.30. The zero-order chi connectivity index (χ0) is 14.8. The lowest BCUT2D eigenvalue weighted by molar-refractivity contribution is -0.143. The van der Waals surface area contributed by atoms with Gasteiger partial charge in [-0.1, -0.05) is 0 Å². The van der Waals surface area contributed by atoms with Crippen LogP contribution in [0.3, 0.4) is 0 Å². The van der Waals surface area contributed by atoms with Crippen molar-refractivity contribution in [2.45, 2.75) is 50.2 Å². The molecular weight excluding hydrogens is 304 g/mol. The molecule has 1 heterocycles. The summed E-state index contributed by atoms with van der Waals surface area (Å²) < 4.78 is 28.6. The third-order valence-corrected chi connectivity index (χ3v) is 5.70. The first-order chi connectivity index (χ1) is 8.68. The third kappa shape index (κ3) is 4.58. The Morgan fingerprint density at radius 3 is 2.35 bits per heavy atom. The highest BCUT2D eigenvalue weighted by Gasteiger charge is 2.35. The van der Waals surface area contributed by atoms with Crippen LogP contribution in [0, 0.1) is 0 Å². The van der Waals surface area contributed by atoms with Gasteiger partial charge in [0.05, 0.1) is 11.4 Å². The van der Waals surface area contributed by atoms with Crippen molar-refractivity contribution in [3.63, 3.8) is 0 Å². The van der Waals surface area contributed by atoms with Gasteiger partial charge in [0.25, 0.3) is 5.91 Å². The van der Waals surface area contributed by atoms with E-state index in [2.05, 4.69) is 0 Å². The number of rotatable bonds is 5. The summed E-state index contributed by atoms with van der Waals surface area (Å²) in [6, 6.07) is -0.386. The first kappa shape index (κ1) is 19.6. The molecule has 1 saturated heterocycles. The van der Waals surface area contributed by atoms with E-state index in [1.165, 1.54) is 11.2 Å². The number of nitrogens with two attached hydrogens (primary N) is 1. The Hall–Kier alpha value is -0.370. The lowest BCUT2D eigenvalue weighted by Crippen LogP contribution is -2.48. The summed E-state index contributed by atoms with van der Waals surface area (Å²) in [5.74, 6) is -0.168. The molecule has 0 aromatic carbocycles. The molecule has 8 heteroatoms. The van der Waals surface area contributed by atoms with E-state index in [-0.39, 0.29) is 30.5 Å². The first-order valence-corrected chi connectivity index (χ1v) is 8.45. The molecule has 1 fully saturated rings. The maximum atomic E-state index is 12.2. The van der Waals surface area contributed by atoms with Crippen LogP contribution in [0.25, 0.3) is 0 Å². The highest BCUT2D eigenvalue weighted by atomic mass is 35.5. The van der Waals surface area contributed by atoms with Crippen LogP contribution in [0.15, 0.2) is 0 Å². The van der Waals surface area contributed by atoms with Crippen LogP contribution in [0.1, 0.15) is 26.7 Å². The molecule has 1 aliphatic heterocycles. The van der Waals surface area contributed by atoms with Crippen molar-refractivity contribution >= 4 is 28.2 Å². The van der Waals surface area contributed by atoms with Gasteiger partial charge < -0.3 is 15.4 Å². The lowest BCUT2D eigenvalue weighted by atomic mass is 10.1. The highest BCUT2D eigenvalue weighted by molar-refractivity contribution is 7.91. The van der Waals surface area contributed by atoms with Crippen LogP contribution in [0.5, 0.6) is 0 Å². The van der Waals surface area contributed by atoms with Crippen molar-refractivity contribution in [3.05, 3.63) is 0 Å². The maximum Gasteiger partial charge on any atom is 0.251 e. The van der Waals surface area contributed by atoms with Crippen molar-refractivity contribution in [2.75, 3.05) is 19.8 Å². The predicted octanol–water partition coefficient (Wildman–Crippen LogP) is 0.195. The van der Waals surface area contributed by atoms with Crippen LogP contribution in [0.2, 0.25) is 0 Å². The third-order valence-electron chi connectivity index (χ3n) is 3.96. The number of hydrogen-bond acceptors (Lipinski definition) is 5. The Morgan fingerprint density at radius 1 is 1.40 bits per heavy atom. The van der Waals surface area contributed by atoms with Gasteiger partial charge in [-0.15, -0.1) is 12.4 Å². The SMILES string of the molecule is CC(C(C)S(C)(=O)=O)N(C)C(=O)[C@@H]1CC[C@H](CN)O1.Cl. The second kappa shape index (κ2) is 7.59. The molecule has 120 valence electrons. The molecule has 1 aliphatic rings. The first-order valence-electron chi connectivity index (χ1n) is 6.49. The fourth-order valence-corrected chi connectivity index (χ4v) is 3.06. The van der Waals surface area contributed by atoms with Crippen LogP contribution in [0.4, 0.5) is 0 Å². The molecule has 20 heavy (non-hydrogen) atoms. The van der Waals surface area contributed by atoms with Gasteiger partial charge in [-0.3, -0.25) is 4.79 Å². The number of likely N-dealkylation sites (N-methyl/N-ethyl adjacent to an activating group) is 1. The Labute approximate surface area is 127 Å². The van der Waals surface area contributed by atoms with Gasteiger partial charge in [0, 0.05) is 25.9 Å². The van der Waals surface area contributed by atoms with Gasteiger partial charge >= 0.3 is 0 Å². The molecule has 0 spiro atoms. The summed E-state index contributed by atoms with van der Waals surface area (Å²) in [6.45, 7) is 3.75. The average Bonchev–Trinajstić information content (AvgIpc) is 2.82. The number of halogens is 1. The van der Waals surface area contributed by atoms with Crippen molar-refractivity contribution in [3.8, 4) is 0 Å². The summed E-state index contributed by atoms with van der Waals surface area (Å²) in [6.07, 6.45) is 2.04. The largest absolute Gasteiger partial charge is 0.364 e. The Bertz CT molecular complexity index is 429. The standard InChI is InChI=1S/C12H24N2O4S.ClH/c1-8(9(2)19(4,16)17)14(3)12(15)11-6-5-10(7-13)18-11;/h8-11H,5-7,13H2,1-4H3;1H/t8?,9?,10-,11+;/m1./s1. The number of amides is 1. The van der Waals surface area contributed by atoms with Crippen LogP contribution < -0.4 is 5.73 Å². The zero-order valence-electron chi connectivity index (χ0n) is 12.4. The van der Waals surface area contributed by atoms with Gasteiger partial charge in [0.15, 0.2) is 9.84 Å². The second-order valence-electron chi connectivity index (χ2n) is 5.28. The van der Waals surface area contributed by atoms with Crippen molar-refractivity contribution < 1.29 is 17.9 Å². The number of nitrogens with zero attached hydrogens (tertiary/aromatic N) is 1. The topological polar surface area (TPSA) is 89.7 Å². The molecule has 2 N–H and O–H groups in total. The quantitative estimate of drug-likeness (QED) is 0.778. The number of hydrogen-bond donors (Lipinski definition) is 1. The van der Waals surface area contributed by atoms with Crippen molar-refractivity contribution in [2.24, 2.45) is 5.73 Å². The molecular formula is C12H25ClN2O4S. The Balaban J connectivity index is 0.00000361. The highest BCUT2D eigenvalue weighted by Crippen LogP contribution is 2.22. The minimum absolute atomic E-state index is 0. The normalized spacial score (nSPS) is 25.6. The number of carbonyl (C=O) groups is 1. The van der Waals surface area contributed by atoms with Gasteiger partial charge in [0.2, 0.25) is 0 Å². The molecule has 1 rings (SSSR count). The molecule has 2 unspecified atom stereocenters. The summed E-state index contributed by atoms with van der Waals surface area (Å²) in [5, 5.41) is -0.604. The second-order valence-corrected chi connectivity index (χ2v) is 7.69. The van der Waals surface area contributed by atoms with E-state index >= 15 is 0 Å². The van der Waals surface area contributed by atoms with Crippen LogP contribution in [-0.4, -0.2) is 62.6 Å². The molecule has 0 aromatic heterocycles. The number of carbonyl (C=O) groups excluding carboxylic acids is 1. The van der Waals surface area contributed by atoms with Crippen LogP contribution in [-0.2, 0) is 19.4 Å². The molecule has 0 radical (unpaired) electrons. The minimum atomic E-state index is -3.17. The molecule has 6 nitrogen and oxygen atoms in total. The average molecular weight is 329 g/mol. The molecule has 0 bridgehead atoms. The van der Waals surface area contributed by atoms with Gasteiger partial charge in [-0.25, -0.2) is 8.42 Å². The molecule has 0 aliphatic carbocycles. The number of sulfone groups is 1. The van der Waals surface area contributed by atoms with E-state index in [1.807, 2.05) is 0 Å². The number of ether oxygens (including phenoxy) is 1. The minimum Gasteiger partial charge on any atom is -0.364 e. The molecule has 0 saturated carbocycles.